The van der Waals surface area contributed by atoms with E-state index in [1.54, 1.807) is 0 Å². The Hall–Kier alpha value is -0.810. The molecule has 13 heavy (non-hydrogen) atoms. The molecule has 66 valence electrons. The Morgan fingerprint density at radius 1 is 1.54 bits per heavy atom. The average Bonchev–Trinajstić information content (AvgIpc) is 2.80. The fraction of sp³-hybridized carbons (Fsp3) is 0.364. The fourth-order valence-corrected chi connectivity index (χ4v) is 2.26. The highest BCUT2D eigenvalue weighted by molar-refractivity contribution is 9.10. The van der Waals surface area contributed by atoms with E-state index in [4.69, 9.17) is 5.26 Å². The Morgan fingerprint density at radius 3 is 2.77 bits per heavy atom. The van der Waals surface area contributed by atoms with Gasteiger partial charge in [0.1, 0.15) is 0 Å². The minimum Gasteiger partial charge on any atom is -0.198 e. The summed E-state index contributed by atoms with van der Waals surface area (Å²) in [4.78, 5) is 0. The number of hydrogen-bond donors (Lipinski definition) is 0. The van der Waals surface area contributed by atoms with Crippen LogP contribution in [0.4, 0.5) is 0 Å². The molecule has 0 aliphatic heterocycles. The summed E-state index contributed by atoms with van der Waals surface area (Å²) in [5, 5.41) is 8.92. The summed E-state index contributed by atoms with van der Waals surface area (Å²) in [6, 6.07) is 10.5. The van der Waals surface area contributed by atoms with Crippen molar-refractivity contribution in [3.8, 4) is 6.07 Å². The van der Waals surface area contributed by atoms with Gasteiger partial charge in [-0.3, -0.25) is 0 Å². The highest BCUT2D eigenvalue weighted by Gasteiger charge is 2.52. The molecule has 2 rings (SSSR count). The van der Waals surface area contributed by atoms with E-state index in [1.165, 1.54) is 5.56 Å². The molecule has 1 aliphatic rings. The monoisotopic (exact) mass is 235 g/mol. The predicted octanol–water partition coefficient (Wildman–Crippen LogP) is 3.47. The van der Waals surface area contributed by atoms with Crippen LogP contribution in [-0.4, -0.2) is 0 Å². The third kappa shape index (κ3) is 1.38. The van der Waals surface area contributed by atoms with Crippen LogP contribution in [0.15, 0.2) is 28.7 Å². The zero-order valence-corrected chi connectivity index (χ0v) is 9.01. The Balaban J connectivity index is 2.32. The highest BCUT2D eigenvalue weighted by Crippen LogP contribution is 2.59. The molecule has 0 saturated heterocycles. The van der Waals surface area contributed by atoms with Crippen LogP contribution in [0.25, 0.3) is 0 Å². The fourth-order valence-electron chi connectivity index (χ4n) is 1.70. The van der Waals surface area contributed by atoms with Gasteiger partial charge in [-0.15, -0.1) is 0 Å². The number of hydrogen-bond acceptors (Lipinski definition) is 1. The molecule has 2 unspecified atom stereocenters. The molecule has 0 N–H and O–H groups in total. The first kappa shape index (κ1) is 8.77. The Labute approximate surface area is 86.5 Å². The maximum absolute atomic E-state index is 8.92. The molecule has 1 fully saturated rings. The van der Waals surface area contributed by atoms with Gasteiger partial charge in [-0.2, -0.15) is 5.26 Å². The van der Waals surface area contributed by atoms with Crippen molar-refractivity contribution in [3.63, 3.8) is 0 Å². The summed E-state index contributed by atoms with van der Waals surface area (Å²) in [6.07, 6.45) is 0.992. The molecule has 2 heteroatoms. The summed E-state index contributed by atoms with van der Waals surface area (Å²) in [6.45, 7) is 2.02. The van der Waals surface area contributed by atoms with Crippen molar-refractivity contribution in [2.45, 2.75) is 19.3 Å². The summed E-state index contributed by atoms with van der Waals surface area (Å²) >= 11 is 3.51. The van der Waals surface area contributed by atoms with Crippen molar-refractivity contribution in [1.82, 2.24) is 0 Å². The maximum atomic E-state index is 8.92. The van der Waals surface area contributed by atoms with E-state index in [-0.39, 0.29) is 5.41 Å². The van der Waals surface area contributed by atoms with Gasteiger partial charge in [0.25, 0.3) is 0 Å². The lowest BCUT2D eigenvalue weighted by molar-refractivity contribution is 0.726. The van der Waals surface area contributed by atoms with Gasteiger partial charge >= 0.3 is 0 Å². The molecule has 2 atom stereocenters. The van der Waals surface area contributed by atoms with E-state index in [1.807, 2.05) is 25.1 Å². The van der Waals surface area contributed by atoms with Crippen LogP contribution >= 0.6 is 15.9 Å². The third-order valence-corrected chi connectivity index (χ3v) is 3.50. The lowest BCUT2D eigenvalue weighted by atomic mass is 10.0. The number of nitrogens with zero attached hydrogens (tertiary/aromatic N) is 1. The van der Waals surface area contributed by atoms with Gasteiger partial charge in [0, 0.05) is 10.4 Å². The first-order valence-corrected chi connectivity index (χ1v) is 5.12. The van der Waals surface area contributed by atoms with Crippen molar-refractivity contribution < 1.29 is 0 Å². The van der Waals surface area contributed by atoms with Gasteiger partial charge < -0.3 is 0 Å². The normalized spacial score (nSPS) is 31.0. The molecule has 1 aromatic rings. The molecule has 1 aliphatic carbocycles. The van der Waals surface area contributed by atoms with Gasteiger partial charge in [-0.05, 0) is 25.0 Å². The summed E-state index contributed by atoms with van der Waals surface area (Å²) in [5.74, 6) is 0.424. The van der Waals surface area contributed by atoms with Gasteiger partial charge in [-0.1, -0.05) is 34.1 Å². The number of rotatable bonds is 1. The zero-order valence-electron chi connectivity index (χ0n) is 7.42. The zero-order chi connectivity index (χ0) is 9.47. The van der Waals surface area contributed by atoms with Crippen LogP contribution in [0.5, 0.6) is 0 Å². The molecule has 0 spiro atoms. The van der Waals surface area contributed by atoms with Crippen LogP contribution in [-0.2, 0) is 0 Å². The minimum atomic E-state index is -0.121. The van der Waals surface area contributed by atoms with Crippen LogP contribution in [0.1, 0.15) is 24.8 Å². The molecule has 1 saturated carbocycles. The second kappa shape index (κ2) is 2.85. The first-order chi connectivity index (χ1) is 6.17. The SMILES string of the molecule is CC1(C#N)CC1c1ccccc1Br. The van der Waals surface area contributed by atoms with Crippen molar-refractivity contribution in [1.29, 1.82) is 5.26 Å². The van der Waals surface area contributed by atoms with Crippen molar-refractivity contribution in [2.24, 2.45) is 5.41 Å². The van der Waals surface area contributed by atoms with E-state index in [0.717, 1.165) is 10.9 Å². The summed E-state index contributed by atoms with van der Waals surface area (Å²) in [5.41, 5.74) is 1.15. The number of nitriles is 1. The first-order valence-electron chi connectivity index (χ1n) is 4.33. The Bertz CT molecular complexity index is 380. The second-order valence-corrected chi connectivity index (χ2v) is 4.66. The molecule has 0 amide bonds. The topological polar surface area (TPSA) is 23.8 Å². The molecular weight excluding hydrogens is 226 g/mol. The van der Waals surface area contributed by atoms with E-state index in [2.05, 4.69) is 28.1 Å². The maximum Gasteiger partial charge on any atom is 0.0693 e. The minimum absolute atomic E-state index is 0.121. The van der Waals surface area contributed by atoms with Gasteiger partial charge in [0.05, 0.1) is 11.5 Å². The lowest BCUT2D eigenvalue weighted by Crippen LogP contribution is -1.92. The average molecular weight is 236 g/mol. The lowest BCUT2D eigenvalue weighted by Gasteiger charge is -2.03. The molecule has 0 heterocycles. The highest BCUT2D eigenvalue weighted by atomic mass is 79.9. The third-order valence-electron chi connectivity index (χ3n) is 2.77. The van der Waals surface area contributed by atoms with Gasteiger partial charge in [0.2, 0.25) is 0 Å². The van der Waals surface area contributed by atoms with Crippen molar-refractivity contribution in [2.75, 3.05) is 0 Å². The van der Waals surface area contributed by atoms with E-state index >= 15 is 0 Å². The smallest absolute Gasteiger partial charge is 0.0693 e. The number of halogens is 1. The molecular formula is C11H10BrN. The van der Waals surface area contributed by atoms with E-state index in [9.17, 15) is 0 Å². The molecule has 0 radical (unpaired) electrons. The van der Waals surface area contributed by atoms with E-state index in [0.29, 0.717) is 5.92 Å². The summed E-state index contributed by atoms with van der Waals surface area (Å²) in [7, 11) is 0. The quantitative estimate of drug-likeness (QED) is 0.732. The van der Waals surface area contributed by atoms with Crippen LogP contribution in [0.3, 0.4) is 0 Å². The molecule has 1 nitrogen and oxygen atoms in total. The largest absolute Gasteiger partial charge is 0.198 e. The predicted molar refractivity (Wildman–Crippen MR) is 55.2 cm³/mol. The van der Waals surface area contributed by atoms with Crippen LogP contribution in [0, 0.1) is 16.7 Å². The van der Waals surface area contributed by atoms with E-state index < -0.39 is 0 Å². The van der Waals surface area contributed by atoms with Crippen molar-refractivity contribution in [3.05, 3.63) is 34.3 Å². The number of benzene rings is 1. The molecule has 0 bridgehead atoms. The second-order valence-electron chi connectivity index (χ2n) is 3.81. The molecule has 0 aromatic heterocycles. The van der Waals surface area contributed by atoms with Crippen LogP contribution in [0.2, 0.25) is 0 Å². The standard InChI is InChI=1S/C11H10BrN/c1-11(7-13)6-9(11)8-4-2-3-5-10(8)12/h2-5,9H,6H2,1H3. The Morgan fingerprint density at radius 2 is 2.23 bits per heavy atom. The Kier molecular flexibility index (Phi) is 1.92. The van der Waals surface area contributed by atoms with Crippen molar-refractivity contribution >= 4 is 15.9 Å². The van der Waals surface area contributed by atoms with Gasteiger partial charge in [-0.25, -0.2) is 0 Å². The molecule has 1 aromatic carbocycles. The van der Waals surface area contributed by atoms with Gasteiger partial charge in [0.15, 0.2) is 0 Å². The summed E-state index contributed by atoms with van der Waals surface area (Å²) < 4.78 is 1.12. The van der Waals surface area contributed by atoms with Crippen LogP contribution < -0.4 is 0 Å².